The van der Waals surface area contributed by atoms with Crippen molar-refractivity contribution in [1.29, 1.82) is 0 Å². The van der Waals surface area contributed by atoms with Crippen molar-refractivity contribution < 1.29 is 14.0 Å². The topological polar surface area (TPSA) is 49.4 Å². The number of anilines is 2. The molecule has 4 nitrogen and oxygen atoms in total. The lowest BCUT2D eigenvalue weighted by molar-refractivity contribution is -0.129. The van der Waals surface area contributed by atoms with Gasteiger partial charge in [-0.05, 0) is 37.5 Å². The summed E-state index contributed by atoms with van der Waals surface area (Å²) in [5.74, 6) is -1.24. The molecule has 1 N–H and O–H groups in total. The van der Waals surface area contributed by atoms with Gasteiger partial charge in [-0.2, -0.15) is 0 Å². The van der Waals surface area contributed by atoms with E-state index in [4.69, 9.17) is 11.6 Å². The summed E-state index contributed by atoms with van der Waals surface area (Å²) in [6, 6.07) is 4.00. The van der Waals surface area contributed by atoms with Crippen molar-refractivity contribution in [2.24, 2.45) is 0 Å². The van der Waals surface area contributed by atoms with Gasteiger partial charge in [0.1, 0.15) is 17.2 Å². The van der Waals surface area contributed by atoms with E-state index in [0.29, 0.717) is 24.2 Å². The lowest BCUT2D eigenvalue weighted by Gasteiger charge is -2.51. The van der Waals surface area contributed by atoms with Gasteiger partial charge in [0.2, 0.25) is 5.91 Å². The first kappa shape index (κ1) is 12.4. The van der Waals surface area contributed by atoms with E-state index >= 15 is 0 Å². The molecule has 0 bridgehead atoms. The van der Waals surface area contributed by atoms with Gasteiger partial charge in [0.15, 0.2) is 0 Å². The number of rotatable bonds is 1. The highest BCUT2D eigenvalue weighted by Gasteiger charge is 2.54. The molecule has 2 aliphatic rings. The van der Waals surface area contributed by atoms with Crippen LogP contribution >= 0.6 is 11.6 Å². The number of halogens is 2. The molecule has 1 aromatic carbocycles. The second-order valence-corrected chi connectivity index (χ2v) is 5.13. The normalized spacial score (nSPS) is 19.7. The van der Waals surface area contributed by atoms with E-state index in [1.807, 2.05) is 0 Å². The summed E-state index contributed by atoms with van der Waals surface area (Å²) in [5, 5.41) is 2.69. The molecule has 1 aromatic rings. The number of hydrogen-bond donors (Lipinski definition) is 1. The Bertz CT molecular complexity index is 572. The van der Waals surface area contributed by atoms with E-state index < -0.39 is 11.4 Å². The number of alkyl halides is 1. The lowest BCUT2D eigenvalue weighted by Crippen LogP contribution is -2.66. The molecule has 0 aromatic heterocycles. The Balaban J connectivity index is 2.15. The monoisotopic (exact) mass is 282 g/mol. The van der Waals surface area contributed by atoms with Crippen LogP contribution in [0, 0.1) is 5.82 Å². The molecule has 1 aliphatic carbocycles. The maximum absolute atomic E-state index is 13.2. The summed E-state index contributed by atoms with van der Waals surface area (Å²) in [5.41, 5.74) is 0.00363. The van der Waals surface area contributed by atoms with Gasteiger partial charge in [-0.1, -0.05) is 0 Å². The van der Waals surface area contributed by atoms with E-state index in [0.717, 1.165) is 6.42 Å². The Labute approximate surface area is 114 Å². The molecule has 2 amide bonds. The standard InChI is InChI=1S/C13H12ClFN2O2/c14-7-11(18)17-10-3-2-8(15)6-9(10)16-12(19)13(17)4-1-5-13/h2-3,6H,1,4-5,7H2,(H,16,19). The molecule has 0 atom stereocenters. The molecule has 1 saturated carbocycles. The van der Waals surface area contributed by atoms with Gasteiger partial charge in [-0.3, -0.25) is 14.5 Å². The fraction of sp³-hybridized carbons (Fsp3) is 0.385. The van der Waals surface area contributed by atoms with Crippen LogP contribution in [0.5, 0.6) is 0 Å². The van der Waals surface area contributed by atoms with Gasteiger partial charge in [0.05, 0.1) is 11.4 Å². The van der Waals surface area contributed by atoms with Crippen LogP contribution in [0.4, 0.5) is 15.8 Å². The van der Waals surface area contributed by atoms with Gasteiger partial charge in [-0.25, -0.2) is 4.39 Å². The van der Waals surface area contributed by atoms with Crippen molar-refractivity contribution in [3.63, 3.8) is 0 Å². The largest absolute Gasteiger partial charge is 0.322 e. The molecule has 3 rings (SSSR count). The van der Waals surface area contributed by atoms with Crippen molar-refractivity contribution in [3.8, 4) is 0 Å². The minimum Gasteiger partial charge on any atom is -0.322 e. The van der Waals surface area contributed by atoms with Gasteiger partial charge in [0, 0.05) is 0 Å². The highest BCUT2D eigenvalue weighted by molar-refractivity contribution is 6.31. The van der Waals surface area contributed by atoms with E-state index in [-0.39, 0.29) is 17.7 Å². The van der Waals surface area contributed by atoms with Gasteiger partial charge >= 0.3 is 0 Å². The minimum atomic E-state index is -0.837. The third-order valence-electron chi connectivity index (χ3n) is 3.84. The first-order valence-corrected chi connectivity index (χ1v) is 6.62. The molecule has 0 unspecified atom stereocenters. The van der Waals surface area contributed by atoms with Crippen LogP contribution in [-0.4, -0.2) is 23.2 Å². The molecule has 1 aliphatic heterocycles. The predicted octanol–water partition coefficient (Wildman–Crippen LogP) is 2.27. The average molecular weight is 283 g/mol. The highest BCUT2D eigenvalue weighted by atomic mass is 35.5. The minimum absolute atomic E-state index is 0.203. The fourth-order valence-electron chi connectivity index (χ4n) is 2.77. The average Bonchev–Trinajstić information content (AvgIpc) is 2.33. The number of carbonyl (C=O) groups is 2. The third kappa shape index (κ3) is 1.64. The quantitative estimate of drug-likeness (QED) is 0.803. The number of amides is 2. The number of benzene rings is 1. The van der Waals surface area contributed by atoms with Crippen LogP contribution in [0.2, 0.25) is 0 Å². The van der Waals surface area contributed by atoms with E-state index in [1.54, 1.807) is 0 Å². The van der Waals surface area contributed by atoms with Crippen LogP contribution in [0.15, 0.2) is 18.2 Å². The Morgan fingerprint density at radius 3 is 2.79 bits per heavy atom. The number of carbonyl (C=O) groups excluding carboxylic acids is 2. The number of nitrogens with zero attached hydrogens (tertiary/aromatic N) is 1. The molecule has 19 heavy (non-hydrogen) atoms. The Morgan fingerprint density at radius 1 is 1.47 bits per heavy atom. The van der Waals surface area contributed by atoms with Crippen molar-refractivity contribution in [2.45, 2.75) is 24.8 Å². The van der Waals surface area contributed by atoms with E-state index in [9.17, 15) is 14.0 Å². The van der Waals surface area contributed by atoms with Gasteiger partial charge in [-0.15, -0.1) is 11.6 Å². The highest BCUT2D eigenvalue weighted by Crippen LogP contribution is 2.47. The van der Waals surface area contributed by atoms with Crippen LogP contribution < -0.4 is 10.2 Å². The zero-order valence-corrected chi connectivity index (χ0v) is 10.8. The van der Waals surface area contributed by atoms with Crippen molar-refractivity contribution >= 4 is 34.8 Å². The van der Waals surface area contributed by atoms with Crippen molar-refractivity contribution in [1.82, 2.24) is 0 Å². The van der Waals surface area contributed by atoms with Crippen LogP contribution in [0.25, 0.3) is 0 Å². The first-order valence-electron chi connectivity index (χ1n) is 6.08. The first-order chi connectivity index (χ1) is 9.08. The summed E-state index contributed by atoms with van der Waals surface area (Å²) >= 11 is 5.64. The summed E-state index contributed by atoms with van der Waals surface area (Å²) in [6.45, 7) is 0. The fourth-order valence-corrected chi connectivity index (χ4v) is 2.89. The summed E-state index contributed by atoms with van der Waals surface area (Å²) in [4.78, 5) is 25.8. The number of nitrogens with one attached hydrogen (secondary N) is 1. The molecule has 0 saturated heterocycles. The lowest BCUT2D eigenvalue weighted by atomic mass is 9.73. The Hall–Kier alpha value is -1.62. The summed E-state index contributed by atoms with van der Waals surface area (Å²) in [6.07, 6.45) is 2.10. The molecular formula is C13H12ClFN2O2. The van der Waals surface area contributed by atoms with Crippen LogP contribution in [-0.2, 0) is 9.59 Å². The molecule has 1 fully saturated rings. The predicted molar refractivity (Wildman–Crippen MR) is 69.8 cm³/mol. The van der Waals surface area contributed by atoms with E-state index in [1.165, 1.54) is 23.1 Å². The molecule has 0 radical (unpaired) electrons. The Morgan fingerprint density at radius 2 is 2.21 bits per heavy atom. The van der Waals surface area contributed by atoms with Crippen molar-refractivity contribution in [2.75, 3.05) is 16.1 Å². The zero-order chi connectivity index (χ0) is 13.6. The second kappa shape index (κ2) is 4.20. The third-order valence-corrected chi connectivity index (χ3v) is 4.07. The van der Waals surface area contributed by atoms with Gasteiger partial charge in [0.25, 0.3) is 5.91 Å². The molecular weight excluding hydrogens is 271 g/mol. The van der Waals surface area contributed by atoms with Crippen LogP contribution in [0.3, 0.4) is 0 Å². The maximum Gasteiger partial charge on any atom is 0.250 e. The summed E-state index contributed by atoms with van der Waals surface area (Å²) < 4.78 is 13.2. The van der Waals surface area contributed by atoms with E-state index in [2.05, 4.69) is 5.32 Å². The smallest absolute Gasteiger partial charge is 0.250 e. The SMILES string of the molecule is O=C(CCl)N1c2ccc(F)cc2NC(=O)C12CCC2. The van der Waals surface area contributed by atoms with Crippen molar-refractivity contribution in [3.05, 3.63) is 24.0 Å². The molecule has 100 valence electrons. The maximum atomic E-state index is 13.2. The second-order valence-electron chi connectivity index (χ2n) is 4.86. The molecule has 6 heteroatoms. The number of hydrogen-bond acceptors (Lipinski definition) is 2. The number of fused-ring (bicyclic) bond motifs is 1. The van der Waals surface area contributed by atoms with Gasteiger partial charge < -0.3 is 5.32 Å². The molecule has 1 heterocycles. The Kier molecular flexibility index (Phi) is 2.74. The van der Waals surface area contributed by atoms with Crippen LogP contribution in [0.1, 0.15) is 19.3 Å². The zero-order valence-electron chi connectivity index (χ0n) is 10.1. The molecule has 1 spiro atoms. The summed E-state index contributed by atoms with van der Waals surface area (Å²) in [7, 11) is 0.